The molecule has 0 saturated carbocycles. The van der Waals surface area contributed by atoms with Gasteiger partial charge in [0, 0.05) is 18.1 Å². The SMILES string of the molecule is NC(CCCCB(O)O)(C(=O)O)C1CCN(Cc2cccc3cccnc23)CC1. The number of carbonyl (C=O) groups is 1. The molecule has 1 saturated heterocycles. The van der Waals surface area contributed by atoms with Crippen LogP contribution in [0.15, 0.2) is 36.5 Å². The van der Waals surface area contributed by atoms with Crippen molar-refractivity contribution in [2.24, 2.45) is 11.7 Å². The fourth-order valence-corrected chi connectivity index (χ4v) is 4.37. The van der Waals surface area contributed by atoms with Crippen molar-refractivity contribution in [1.82, 2.24) is 9.88 Å². The van der Waals surface area contributed by atoms with Crippen molar-refractivity contribution in [1.29, 1.82) is 0 Å². The molecule has 1 unspecified atom stereocenters. The molecule has 0 radical (unpaired) electrons. The Kier molecular flexibility index (Phi) is 7.24. The molecule has 5 N–H and O–H groups in total. The number of carboxylic acid groups (broad SMARTS) is 1. The second-order valence-corrected chi connectivity index (χ2v) is 8.11. The second kappa shape index (κ2) is 9.67. The number of hydrogen-bond acceptors (Lipinski definition) is 6. The lowest BCUT2D eigenvalue weighted by Gasteiger charge is -2.40. The maximum atomic E-state index is 11.9. The Morgan fingerprint density at radius 1 is 1.21 bits per heavy atom. The Bertz CT molecular complexity index is 821. The number of pyridine rings is 1. The Hall–Kier alpha value is -2.00. The number of rotatable bonds is 9. The summed E-state index contributed by atoms with van der Waals surface area (Å²) >= 11 is 0. The van der Waals surface area contributed by atoms with Crippen molar-refractivity contribution in [3.05, 3.63) is 42.1 Å². The van der Waals surface area contributed by atoms with E-state index in [9.17, 15) is 9.90 Å². The standard InChI is InChI=1S/C21H30BN3O4/c23-21(20(26)27,10-1-2-11-22(28)29)18-8-13-25(14-9-18)15-17-6-3-5-16-7-4-12-24-19(16)17/h3-7,12,18,28-29H,1-2,8-11,13-15,23H2,(H,26,27). The van der Waals surface area contributed by atoms with Gasteiger partial charge in [-0.1, -0.05) is 37.1 Å². The molecule has 3 rings (SSSR count). The van der Waals surface area contributed by atoms with E-state index in [1.165, 1.54) is 5.56 Å². The zero-order chi connectivity index (χ0) is 20.9. The summed E-state index contributed by atoms with van der Waals surface area (Å²) in [6, 6.07) is 10.2. The average Bonchev–Trinajstić information content (AvgIpc) is 2.71. The summed E-state index contributed by atoms with van der Waals surface area (Å²) < 4.78 is 0. The zero-order valence-corrected chi connectivity index (χ0v) is 16.7. The van der Waals surface area contributed by atoms with Gasteiger partial charge in [0.1, 0.15) is 5.54 Å². The first kappa shape index (κ1) is 21.7. The normalized spacial score (nSPS) is 17.9. The molecular formula is C21H30BN3O4. The predicted octanol–water partition coefficient (Wildman–Crippen LogP) is 1.87. The van der Waals surface area contributed by atoms with Crippen LogP contribution in [0.25, 0.3) is 10.9 Å². The molecule has 1 aromatic carbocycles. The van der Waals surface area contributed by atoms with E-state index in [1.807, 2.05) is 18.3 Å². The summed E-state index contributed by atoms with van der Waals surface area (Å²) in [6.07, 6.45) is 5.01. The molecule has 2 heterocycles. The average molecular weight is 399 g/mol. The number of para-hydroxylation sites is 1. The number of nitrogens with zero attached hydrogens (tertiary/aromatic N) is 2. The number of nitrogens with two attached hydrogens (primary N) is 1. The van der Waals surface area contributed by atoms with Crippen LogP contribution in [-0.4, -0.2) is 56.8 Å². The minimum atomic E-state index is -1.35. The van der Waals surface area contributed by atoms with Crippen LogP contribution in [0.2, 0.25) is 6.32 Å². The van der Waals surface area contributed by atoms with Crippen molar-refractivity contribution in [3.63, 3.8) is 0 Å². The number of fused-ring (bicyclic) bond motifs is 1. The molecule has 8 heteroatoms. The van der Waals surface area contributed by atoms with Crippen molar-refractivity contribution in [2.45, 2.75) is 50.5 Å². The van der Waals surface area contributed by atoms with Crippen molar-refractivity contribution in [3.8, 4) is 0 Å². The third-order valence-corrected chi connectivity index (χ3v) is 6.13. The monoisotopic (exact) mass is 399 g/mol. The van der Waals surface area contributed by atoms with E-state index in [-0.39, 0.29) is 12.2 Å². The third kappa shape index (κ3) is 5.33. The van der Waals surface area contributed by atoms with E-state index < -0.39 is 18.6 Å². The van der Waals surface area contributed by atoms with E-state index in [1.54, 1.807) is 0 Å². The number of hydrogen-bond donors (Lipinski definition) is 4. The smallest absolute Gasteiger partial charge is 0.451 e. The van der Waals surface area contributed by atoms with Gasteiger partial charge in [0.05, 0.1) is 5.52 Å². The van der Waals surface area contributed by atoms with Crippen LogP contribution in [-0.2, 0) is 11.3 Å². The molecule has 29 heavy (non-hydrogen) atoms. The lowest BCUT2D eigenvalue weighted by atomic mass is 9.74. The molecule has 0 aliphatic carbocycles. The maximum absolute atomic E-state index is 11.9. The number of piperidine rings is 1. The van der Waals surface area contributed by atoms with Crippen LogP contribution in [0.3, 0.4) is 0 Å². The summed E-state index contributed by atoms with van der Waals surface area (Å²) in [5, 5.41) is 28.8. The highest BCUT2D eigenvalue weighted by Gasteiger charge is 2.42. The van der Waals surface area contributed by atoms with Gasteiger partial charge in [0.15, 0.2) is 0 Å². The predicted molar refractivity (Wildman–Crippen MR) is 113 cm³/mol. The van der Waals surface area contributed by atoms with E-state index in [2.05, 4.69) is 28.1 Å². The summed E-state index contributed by atoms with van der Waals surface area (Å²) in [7, 11) is -1.35. The largest absolute Gasteiger partial charge is 0.480 e. The molecule has 1 aliphatic heterocycles. The maximum Gasteiger partial charge on any atom is 0.451 e. The minimum Gasteiger partial charge on any atom is -0.480 e. The fourth-order valence-electron chi connectivity index (χ4n) is 4.37. The summed E-state index contributed by atoms with van der Waals surface area (Å²) in [4.78, 5) is 18.8. The van der Waals surface area contributed by atoms with Gasteiger partial charge in [-0.15, -0.1) is 0 Å². The highest BCUT2D eigenvalue weighted by molar-refractivity contribution is 6.40. The Labute approximate surface area is 171 Å². The summed E-state index contributed by atoms with van der Waals surface area (Å²) in [5.41, 5.74) is 7.29. The van der Waals surface area contributed by atoms with Crippen LogP contribution in [0, 0.1) is 5.92 Å². The van der Waals surface area contributed by atoms with Crippen LogP contribution in [0.1, 0.15) is 37.7 Å². The molecule has 2 aromatic rings. The molecule has 1 aliphatic rings. The van der Waals surface area contributed by atoms with Crippen LogP contribution >= 0.6 is 0 Å². The van der Waals surface area contributed by atoms with Gasteiger partial charge in [-0.25, -0.2) is 0 Å². The molecular weight excluding hydrogens is 369 g/mol. The lowest BCUT2D eigenvalue weighted by molar-refractivity contribution is -0.147. The number of aromatic nitrogens is 1. The van der Waals surface area contributed by atoms with Gasteiger partial charge in [-0.3, -0.25) is 14.7 Å². The van der Waals surface area contributed by atoms with Crippen LogP contribution in [0.5, 0.6) is 0 Å². The van der Waals surface area contributed by atoms with Gasteiger partial charge >= 0.3 is 13.1 Å². The molecule has 1 atom stereocenters. The van der Waals surface area contributed by atoms with Crippen molar-refractivity contribution < 1.29 is 19.9 Å². The van der Waals surface area contributed by atoms with E-state index >= 15 is 0 Å². The number of benzene rings is 1. The zero-order valence-electron chi connectivity index (χ0n) is 16.7. The number of aliphatic carboxylic acids is 1. The first-order valence-corrected chi connectivity index (χ1v) is 10.3. The highest BCUT2D eigenvalue weighted by atomic mass is 16.4. The third-order valence-electron chi connectivity index (χ3n) is 6.13. The molecule has 0 amide bonds. The summed E-state index contributed by atoms with van der Waals surface area (Å²) in [5.74, 6) is -1.04. The van der Waals surface area contributed by atoms with Crippen molar-refractivity contribution >= 4 is 24.0 Å². The van der Waals surface area contributed by atoms with Gasteiger partial charge in [-0.2, -0.15) is 0 Å². The van der Waals surface area contributed by atoms with Crippen LogP contribution in [0.4, 0.5) is 0 Å². The number of likely N-dealkylation sites (tertiary alicyclic amines) is 1. The minimum absolute atomic E-state index is 0.0825. The van der Waals surface area contributed by atoms with Crippen LogP contribution < -0.4 is 5.73 Å². The molecule has 1 aromatic heterocycles. The van der Waals surface area contributed by atoms with Crippen molar-refractivity contribution in [2.75, 3.05) is 13.1 Å². The van der Waals surface area contributed by atoms with E-state index in [0.29, 0.717) is 19.3 Å². The van der Waals surface area contributed by atoms with E-state index in [0.717, 1.165) is 43.4 Å². The highest BCUT2D eigenvalue weighted by Crippen LogP contribution is 2.32. The molecule has 156 valence electrons. The van der Waals surface area contributed by atoms with Gasteiger partial charge < -0.3 is 20.9 Å². The van der Waals surface area contributed by atoms with Gasteiger partial charge in [0.25, 0.3) is 0 Å². The molecule has 1 fully saturated rings. The number of carboxylic acids is 1. The Morgan fingerprint density at radius 2 is 1.93 bits per heavy atom. The first-order chi connectivity index (χ1) is 13.9. The Morgan fingerprint density at radius 3 is 2.62 bits per heavy atom. The van der Waals surface area contributed by atoms with E-state index in [4.69, 9.17) is 15.8 Å². The molecule has 0 spiro atoms. The number of unbranched alkanes of at least 4 members (excludes halogenated alkanes) is 1. The quantitative estimate of drug-likeness (QED) is 0.375. The Balaban J connectivity index is 1.58. The fraction of sp³-hybridized carbons (Fsp3) is 0.524. The topological polar surface area (TPSA) is 120 Å². The van der Waals surface area contributed by atoms with Gasteiger partial charge in [0.2, 0.25) is 0 Å². The molecule has 0 bridgehead atoms. The molecule has 7 nitrogen and oxygen atoms in total. The summed E-state index contributed by atoms with van der Waals surface area (Å²) in [6.45, 7) is 2.39. The first-order valence-electron chi connectivity index (χ1n) is 10.3. The lowest BCUT2D eigenvalue weighted by Crippen LogP contribution is -2.56. The van der Waals surface area contributed by atoms with Gasteiger partial charge in [-0.05, 0) is 56.2 Å². The second-order valence-electron chi connectivity index (χ2n) is 8.11.